The van der Waals surface area contributed by atoms with Gasteiger partial charge in [-0.3, -0.25) is 4.79 Å². The Bertz CT molecular complexity index is 588. The molecule has 0 aliphatic carbocycles. The predicted molar refractivity (Wildman–Crippen MR) is 96.0 cm³/mol. The summed E-state index contributed by atoms with van der Waals surface area (Å²) in [7, 11) is -5.09. The first-order valence-electron chi connectivity index (χ1n) is 8.45. The molecule has 1 amide bonds. The molecule has 1 unspecified atom stereocenters. The van der Waals surface area contributed by atoms with Gasteiger partial charge < -0.3 is 24.2 Å². The van der Waals surface area contributed by atoms with Gasteiger partial charge in [-0.05, 0) is 30.4 Å². The van der Waals surface area contributed by atoms with E-state index in [1.54, 1.807) is 6.07 Å². The van der Waals surface area contributed by atoms with Crippen LogP contribution in [0.5, 0.6) is 0 Å². The van der Waals surface area contributed by atoms with Crippen molar-refractivity contribution in [2.45, 2.75) is 56.4 Å². The maximum atomic E-state index is 12.1. The normalized spacial score (nSPS) is 11.9. The van der Waals surface area contributed by atoms with Crippen LogP contribution in [0.25, 0.3) is 0 Å². The van der Waals surface area contributed by atoms with E-state index in [9.17, 15) is 19.1 Å². The van der Waals surface area contributed by atoms with Gasteiger partial charge in [0.1, 0.15) is 0 Å². The van der Waals surface area contributed by atoms with Gasteiger partial charge >= 0.3 is 59.1 Å². The first kappa shape index (κ1) is 30.3. The van der Waals surface area contributed by atoms with Gasteiger partial charge in [-0.1, -0.05) is 44.7 Å². The van der Waals surface area contributed by atoms with Crippen LogP contribution in [0.1, 0.15) is 57.1 Å². The van der Waals surface area contributed by atoms with Crippen LogP contribution in [0, 0.1) is 0 Å². The Morgan fingerprint density at radius 1 is 1.22 bits per heavy atom. The third-order valence-corrected chi connectivity index (χ3v) is 4.93. The number of thioether (sulfide) groups is 1. The molecule has 0 radical (unpaired) electrons. The molecule has 10 heteroatoms. The van der Waals surface area contributed by atoms with Gasteiger partial charge in [0.25, 0.3) is 0 Å². The number of rotatable bonds is 12. The number of hydrogen-bond donors (Lipinski definition) is 1. The van der Waals surface area contributed by atoms with Gasteiger partial charge in [-0.25, -0.2) is 0 Å². The first-order valence-corrected chi connectivity index (χ1v) is 11.1. The second-order valence-electron chi connectivity index (χ2n) is 5.80. The van der Waals surface area contributed by atoms with Gasteiger partial charge in [0.15, 0.2) is 0 Å². The molecule has 6 nitrogen and oxygen atoms in total. The maximum Gasteiger partial charge on any atom is 1.00 e. The molecule has 0 fully saturated rings. The fraction of sp³-hybridized carbons (Fsp3) is 0.588. The van der Waals surface area contributed by atoms with Crippen LogP contribution in [0.3, 0.4) is 0 Å². The number of benzene rings is 1. The summed E-state index contributed by atoms with van der Waals surface area (Å²) in [5.41, 5.74) is 0.708. The number of hydrogen-bond acceptors (Lipinski definition) is 6. The smallest absolute Gasteiger partial charge is 0.790 e. The summed E-state index contributed by atoms with van der Waals surface area (Å²) in [6.07, 6.45) is 7.45. The molecule has 0 spiro atoms. The Balaban J connectivity index is 0. The number of amides is 1. The van der Waals surface area contributed by atoms with E-state index in [4.69, 9.17) is 0 Å². The summed E-state index contributed by atoms with van der Waals surface area (Å²) in [5, 5.41) is 2.78. The van der Waals surface area contributed by atoms with E-state index in [-0.39, 0.29) is 65.0 Å². The van der Waals surface area contributed by atoms with Crippen molar-refractivity contribution in [3.8, 4) is 0 Å². The Labute approximate surface area is 210 Å². The molecule has 0 bridgehead atoms. The van der Waals surface area contributed by atoms with E-state index in [0.29, 0.717) is 12.0 Å². The standard InChI is InChI=1S/C17H28NO5PS.2Na/c1-3-4-5-6-7-11-17(19)18-16(13-23-24(20,21)22)14-9-8-10-15(12-14)25-2;;/h8-10,12,16H,3-7,11,13H2,1-2H3,(H,18,19)(H2,20,21,22);;/q;2*+1/p-2. The maximum absolute atomic E-state index is 12.1. The molecule has 0 aliphatic rings. The number of phosphoric ester groups is 1. The molecule has 0 saturated carbocycles. The van der Waals surface area contributed by atoms with E-state index < -0.39 is 20.5 Å². The topological polar surface area (TPSA) is 102 Å². The molecule has 0 aromatic heterocycles. The fourth-order valence-corrected chi connectivity index (χ4v) is 3.20. The molecule has 142 valence electrons. The Morgan fingerprint density at radius 2 is 1.89 bits per heavy atom. The van der Waals surface area contributed by atoms with Crippen LogP contribution in [0.2, 0.25) is 0 Å². The third kappa shape index (κ3) is 14.7. The second-order valence-corrected chi connectivity index (χ2v) is 7.84. The molecule has 0 aliphatic heterocycles. The van der Waals surface area contributed by atoms with Crippen molar-refractivity contribution < 1.29 is 82.8 Å². The SMILES string of the molecule is CCCCCCCC(=O)NC(COP(=O)([O-])[O-])c1cccc(SC)c1.[Na+].[Na+]. The zero-order valence-electron chi connectivity index (χ0n) is 16.7. The zero-order chi connectivity index (χ0) is 18.7. The molecule has 1 aromatic rings. The van der Waals surface area contributed by atoms with E-state index in [1.807, 2.05) is 24.5 Å². The van der Waals surface area contributed by atoms with Crippen LogP contribution < -0.4 is 74.2 Å². The molecular weight excluding hydrogens is 407 g/mol. The number of carbonyl (C=O) groups is 1. The molecule has 0 saturated heterocycles. The zero-order valence-corrected chi connectivity index (χ0v) is 22.4. The average molecular weight is 433 g/mol. The van der Waals surface area contributed by atoms with Crippen LogP contribution in [0.4, 0.5) is 0 Å². The Kier molecular flexibility index (Phi) is 19.0. The Morgan fingerprint density at radius 3 is 2.48 bits per heavy atom. The number of unbranched alkanes of at least 4 members (excludes halogenated alkanes) is 4. The van der Waals surface area contributed by atoms with Crippen LogP contribution in [-0.2, 0) is 13.9 Å². The summed E-state index contributed by atoms with van der Waals surface area (Å²) in [4.78, 5) is 34.7. The minimum Gasteiger partial charge on any atom is -0.790 e. The molecule has 27 heavy (non-hydrogen) atoms. The molecule has 1 atom stereocenters. The summed E-state index contributed by atoms with van der Waals surface area (Å²) in [6, 6.07) is 6.68. The van der Waals surface area contributed by atoms with Crippen molar-refractivity contribution in [3.63, 3.8) is 0 Å². The van der Waals surface area contributed by atoms with E-state index in [2.05, 4.69) is 16.8 Å². The number of carbonyl (C=O) groups excluding carboxylic acids is 1. The van der Waals surface area contributed by atoms with Gasteiger partial charge in [0.05, 0.1) is 20.5 Å². The van der Waals surface area contributed by atoms with Gasteiger partial charge in [0, 0.05) is 11.3 Å². The molecule has 0 heterocycles. The summed E-state index contributed by atoms with van der Waals surface area (Å²) in [6.45, 7) is 1.73. The fourth-order valence-electron chi connectivity index (χ4n) is 2.40. The largest absolute Gasteiger partial charge is 1.00 e. The predicted octanol–water partition coefficient (Wildman–Crippen LogP) is -3.22. The average Bonchev–Trinajstić information content (AvgIpc) is 2.57. The Hall–Kier alpha value is 1.15. The monoisotopic (exact) mass is 433 g/mol. The van der Waals surface area contributed by atoms with Crippen LogP contribution in [-0.4, -0.2) is 18.8 Å². The van der Waals surface area contributed by atoms with E-state index in [0.717, 1.165) is 37.0 Å². The van der Waals surface area contributed by atoms with Crippen molar-refractivity contribution in [3.05, 3.63) is 29.8 Å². The van der Waals surface area contributed by atoms with E-state index >= 15 is 0 Å². The van der Waals surface area contributed by atoms with Crippen LogP contribution >= 0.6 is 19.6 Å². The summed E-state index contributed by atoms with van der Waals surface area (Å²) < 4.78 is 15.2. The quantitative estimate of drug-likeness (QED) is 0.161. The summed E-state index contributed by atoms with van der Waals surface area (Å²) in [5.74, 6) is -0.175. The minimum absolute atomic E-state index is 0. The van der Waals surface area contributed by atoms with Crippen molar-refractivity contribution in [1.29, 1.82) is 0 Å². The van der Waals surface area contributed by atoms with Gasteiger partial charge in [-0.15, -0.1) is 11.8 Å². The van der Waals surface area contributed by atoms with Gasteiger partial charge in [-0.2, -0.15) is 0 Å². The van der Waals surface area contributed by atoms with Gasteiger partial charge in [0.2, 0.25) is 5.91 Å². The van der Waals surface area contributed by atoms with Crippen LogP contribution in [0.15, 0.2) is 29.2 Å². The molecule has 1 rings (SSSR count). The van der Waals surface area contributed by atoms with Crippen molar-refractivity contribution in [1.82, 2.24) is 5.32 Å². The summed E-state index contributed by atoms with van der Waals surface area (Å²) >= 11 is 1.53. The van der Waals surface area contributed by atoms with Crippen molar-refractivity contribution in [2.75, 3.05) is 12.9 Å². The number of nitrogens with one attached hydrogen (secondary N) is 1. The minimum atomic E-state index is -5.09. The second kappa shape index (κ2) is 16.9. The molecule has 1 N–H and O–H groups in total. The van der Waals surface area contributed by atoms with E-state index in [1.165, 1.54) is 11.8 Å². The van der Waals surface area contributed by atoms with Crippen molar-refractivity contribution in [2.24, 2.45) is 0 Å². The molecular formula is C17H26NNa2O5PS. The first-order chi connectivity index (χ1) is 11.9. The molecule has 1 aromatic carbocycles. The number of phosphoric acid groups is 1. The van der Waals surface area contributed by atoms with Crippen molar-refractivity contribution >= 4 is 25.5 Å². The third-order valence-electron chi connectivity index (χ3n) is 3.74.